The molecule has 0 aliphatic carbocycles. The summed E-state index contributed by atoms with van der Waals surface area (Å²) in [5, 5.41) is 2.38. The molecule has 0 saturated carbocycles. The lowest BCUT2D eigenvalue weighted by molar-refractivity contribution is -0.122. The Bertz CT molecular complexity index is 254. The number of amidine groups is 1. The number of nitrogens with zero attached hydrogens (tertiary/aromatic N) is 2. The molecule has 1 aliphatic rings. The second-order valence-electron chi connectivity index (χ2n) is 2.17. The summed E-state index contributed by atoms with van der Waals surface area (Å²) in [5.41, 5.74) is 0. The molecule has 1 N–H and O–H groups in total. The summed E-state index contributed by atoms with van der Waals surface area (Å²) in [5.74, 6) is -0.0319. The van der Waals surface area contributed by atoms with Crippen molar-refractivity contribution in [1.29, 1.82) is 0 Å². The van der Waals surface area contributed by atoms with Crippen LogP contribution in [0.3, 0.4) is 0 Å². The lowest BCUT2D eigenvalue weighted by atomic mass is 10.4. The second kappa shape index (κ2) is 3.17. The maximum atomic E-state index is 11.1. The lowest BCUT2D eigenvalue weighted by Gasteiger charge is -2.10. The van der Waals surface area contributed by atoms with Crippen LogP contribution in [-0.2, 0) is 4.79 Å². The van der Waals surface area contributed by atoms with Gasteiger partial charge in [-0.15, -0.1) is 0 Å². The number of hydrogen-bond acceptors (Lipinski definition) is 3. The number of amides is 3. The highest BCUT2D eigenvalue weighted by atomic mass is 16.2. The zero-order chi connectivity index (χ0) is 9.14. The molecule has 0 atom stereocenters. The Kier molecular flexibility index (Phi) is 2.23. The molecule has 1 rings (SSSR count). The molecule has 0 bridgehead atoms. The van der Waals surface area contributed by atoms with E-state index in [9.17, 15) is 9.59 Å². The SMILES string of the molecule is C=CC(=NC)N1C(=O)CNC1=O. The monoisotopic (exact) mass is 167 g/mol. The van der Waals surface area contributed by atoms with Crippen LogP contribution in [0.25, 0.3) is 0 Å². The Labute approximate surface area is 69.8 Å². The first-order valence-electron chi connectivity index (χ1n) is 3.40. The first-order valence-corrected chi connectivity index (χ1v) is 3.40. The Morgan fingerprint density at radius 3 is 2.75 bits per heavy atom. The van der Waals surface area contributed by atoms with Crippen molar-refractivity contribution in [2.24, 2.45) is 4.99 Å². The molecule has 0 aromatic rings. The van der Waals surface area contributed by atoms with Gasteiger partial charge >= 0.3 is 6.03 Å². The summed E-state index contributed by atoms with van der Waals surface area (Å²) in [7, 11) is 1.50. The highest BCUT2D eigenvalue weighted by Gasteiger charge is 2.30. The number of carbonyl (C=O) groups is 2. The third-order valence-electron chi connectivity index (χ3n) is 1.48. The normalized spacial score (nSPS) is 18.1. The topological polar surface area (TPSA) is 61.8 Å². The van der Waals surface area contributed by atoms with Gasteiger partial charge in [0.1, 0.15) is 5.84 Å². The van der Waals surface area contributed by atoms with Crippen LogP contribution in [0.4, 0.5) is 4.79 Å². The standard InChI is InChI=1S/C7H9N3O2/c1-3-5(8-2)10-6(11)4-9-7(10)12/h3H,1,4H2,2H3,(H,9,12). The van der Waals surface area contributed by atoms with Gasteiger partial charge in [-0.2, -0.15) is 0 Å². The van der Waals surface area contributed by atoms with E-state index in [1.54, 1.807) is 0 Å². The van der Waals surface area contributed by atoms with E-state index in [-0.39, 0.29) is 18.3 Å². The lowest BCUT2D eigenvalue weighted by Crippen LogP contribution is -2.35. The van der Waals surface area contributed by atoms with Gasteiger partial charge in [-0.1, -0.05) is 6.58 Å². The Morgan fingerprint density at radius 1 is 1.75 bits per heavy atom. The third kappa shape index (κ3) is 1.20. The molecule has 3 amide bonds. The molecule has 5 nitrogen and oxygen atoms in total. The maximum absolute atomic E-state index is 11.1. The van der Waals surface area contributed by atoms with Gasteiger partial charge in [-0.25, -0.2) is 9.69 Å². The van der Waals surface area contributed by atoms with Crippen LogP contribution >= 0.6 is 0 Å². The van der Waals surface area contributed by atoms with Crippen molar-refractivity contribution in [2.45, 2.75) is 0 Å². The summed E-state index contributed by atoms with van der Waals surface area (Å²) in [4.78, 5) is 26.8. The van der Waals surface area contributed by atoms with Crippen molar-refractivity contribution in [1.82, 2.24) is 10.2 Å². The molecule has 5 heteroatoms. The van der Waals surface area contributed by atoms with Gasteiger partial charge in [-0.3, -0.25) is 9.79 Å². The van der Waals surface area contributed by atoms with E-state index >= 15 is 0 Å². The quantitative estimate of drug-likeness (QED) is 0.332. The van der Waals surface area contributed by atoms with E-state index < -0.39 is 6.03 Å². The van der Waals surface area contributed by atoms with Crippen LogP contribution in [0.5, 0.6) is 0 Å². The van der Waals surface area contributed by atoms with Crippen LogP contribution in [0.1, 0.15) is 0 Å². The molecule has 0 aromatic carbocycles. The summed E-state index contributed by atoms with van der Waals surface area (Å²) in [6, 6.07) is -0.444. The van der Waals surface area contributed by atoms with E-state index in [0.29, 0.717) is 0 Å². The molecule has 0 spiro atoms. The third-order valence-corrected chi connectivity index (χ3v) is 1.48. The Balaban J connectivity index is 2.92. The summed E-state index contributed by atoms with van der Waals surface area (Å²) >= 11 is 0. The minimum Gasteiger partial charge on any atom is -0.328 e. The Morgan fingerprint density at radius 2 is 2.42 bits per heavy atom. The highest BCUT2D eigenvalue weighted by molar-refractivity contribution is 6.19. The van der Waals surface area contributed by atoms with Gasteiger partial charge in [0.15, 0.2) is 0 Å². The van der Waals surface area contributed by atoms with Crippen molar-refractivity contribution in [3.8, 4) is 0 Å². The fourth-order valence-corrected chi connectivity index (χ4v) is 0.937. The summed E-state index contributed by atoms with van der Waals surface area (Å²) in [6.07, 6.45) is 1.36. The second-order valence-corrected chi connectivity index (χ2v) is 2.17. The summed E-state index contributed by atoms with van der Waals surface area (Å²) in [6.45, 7) is 3.47. The molecule has 0 unspecified atom stereocenters. The van der Waals surface area contributed by atoms with E-state index in [1.807, 2.05) is 0 Å². The van der Waals surface area contributed by atoms with E-state index in [1.165, 1.54) is 13.1 Å². The largest absolute Gasteiger partial charge is 0.330 e. The average Bonchev–Trinajstić information content (AvgIpc) is 2.38. The molecular formula is C7H9N3O2. The van der Waals surface area contributed by atoms with Crippen LogP contribution in [0.15, 0.2) is 17.6 Å². The van der Waals surface area contributed by atoms with Crippen LogP contribution in [0.2, 0.25) is 0 Å². The zero-order valence-corrected chi connectivity index (χ0v) is 6.70. The predicted molar refractivity (Wildman–Crippen MR) is 43.8 cm³/mol. The van der Waals surface area contributed by atoms with Crippen LogP contribution in [0, 0.1) is 0 Å². The smallest absolute Gasteiger partial charge is 0.328 e. The van der Waals surface area contributed by atoms with Crippen molar-refractivity contribution in [3.05, 3.63) is 12.7 Å². The highest BCUT2D eigenvalue weighted by Crippen LogP contribution is 2.01. The van der Waals surface area contributed by atoms with Gasteiger partial charge in [-0.05, 0) is 6.08 Å². The van der Waals surface area contributed by atoms with Crippen molar-refractivity contribution < 1.29 is 9.59 Å². The molecular weight excluding hydrogens is 158 g/mol. The minimum absolute atomic E-state index is 0.0334. The number of hydrogen-bond donors (Lipinski definition) is 1. The van der Waals surface area contributed by atoms with Gasteiger partial charge in [0, 0.05) is 7.05 Å². The molecule has 12 heavy (non-hydrogen) atoms. The average molecular weight is 167 g/mol. The van der Waals surface area contributed by atoms with Gasteiger partial charge < -0.3 is 5.32 Å². The van der Waals surface area contributed by atoms with Gasteiger partial charge in [0.2, 0.25) is 0 Å². The molecule has 0 aromatic heterocycles. The summed E-state index contributed by atoms with van der Waals surface area (Å²) < 4.78 is 0. The van der Waals surface area contributed by atoms with Crippen molar-refractivity contribution >= 4 is 17.8 Å². The maximum Gasteiger partial charge on any atom is 0.330 e. The molecule has 64 valence electrons. The number of aliphatic imine (C=N–C) groups is 1. The van der Waals surface area contributed by atoms with Crippen LogP contribution < -0.4 is 5.32 Å². The molecule has 1 aliphatic heterocycles. The zero-order valence-electron chi connectivity index (χ0n) is 6.70. The molecule has 1 saturated heterocycles. The van der Waals surface area contributed by atoms with E-state index in [4.69, 9.17) is 0 Å². The van der Waals surface area contributed by atoms with E-state index in [2.05, 4.69) is 16.9 Å². The van der Waals surface area contributed by atoms with Crippen molar-refractivity contribution in [2.75, 3.05) is 13.6 Å². The number of carbonyl (C=O) groups excluding carboxylic acids is 2. The number of rotatable bonds is 1. The predicted octanol–water partition coefficient (Wildman–Crippen LogP) is -0.247. The van der Waals surface area contributed by atoms with Crippen LogP contribution in [-0.4, -0.2) is 36.3 Å². The Hall–Kier alpha value is -1.65. The minimum atomic E-state index is -0.444. The fourth-order valence-electron chi connectivity index (χ4n) is 0.937. The van der Waals surface area contributed by atoms with E-state index in [0.717, 1.165) is 4.90 Å². The first kappa shape index (κ1) is 8.45. The number of urea groups is 1. The van der Waals surface area contributed by atoms with Gasteiger partial charge in [0.25, 0.3) is 5.91 Å². The number of imide groups is 1. The fraction of sp³-hybridized carbons (Fsp3) is 0.286. The molecule has 1 fully saturated rings. The van der Waals surface area contributed by atoms with Crippen molar-refractivity contribution in [3.63, 3.8) is 0 Å². The molecule has 0 radical (unpaired) electrons. The van der Waals surface area contributed by atoms with Gasteiger partial charge in [0.05, 0.1) is 6.54 Å². The number of nitrogens with one attached hydrogen (secondary N) is 1. The molecule has 1 heterocycles. The first-order chi connectivity index (χ1) is 5.70.